The molecule has 0 spiro atoms. The molecular formula is C23H36N2O2. The summed E-state index contributed by atoms with van der Waals surface area (Å²) in [4.78, 5) is 15.1. The van der Waals surface area contributed by atoms with Crippen LogP contribution < -0.4 is 5.73 Å². The van der Waals surface area contributed by atoms with Gasteiger partial charge in [-0.25, -0.2) is 0 Å². The number of rotatable bonds is 5. The van der Waals surface area contributed by atoms with Crippen molar-refractivity contribution in [1.82, 2.24) is 4.90 Å². The van der Waals surface area contributed by atoms with E-state index in [9.17, 15) is 4.79 Å². The highest BCUT2D eigenvalue weighted by Gasteiger charge is 2.37. The molecule has 0 saturated carbocycles. The Balaban J connectivity index is 1.70. The van der Waals surface area contributed by atoms with Crippen molar-refractivity contribution in [3.05, 3.63) is 34.9 Å². The fourth-order valence-electron chi connectivity index (χ4n) is 4.46. The van der Waals surface area contributed by atoms with Crippen LogP contribution in [0.1, 0.15) is 81.3 Å². The van der Waals surface area contributed by atoms with Crippen LogP contribution in [0.5, 0.6) is 0 Å². The van der Waals surface area contributed by atoms with Gasteiger partial charge in [-0.15, -0.1) is 0 Å². The van der Waals surface area contributed by atoms with Gasteiger partial charge in [-0.2, -0.15) is 0 Å². The van der Waals surface area contributed by atoms with Crippen LogP contribution in [0.3, 0.4) is 0 Å². The van der Waals surface area contributed by atoms with Crippen molar-refractivity contribution >= 4 is 5.91 Å². The maximum atomic E-state index is 13.1. The van der Waals surface area contributed by atoms with E-state index in [2.05, 4.69) is 39.8 Å². The topological polar surface area (TPSA) is 55.6 Å². The normalized spacial score (nSPS) is 21.7. The number of likely N-dealkylation sites (tertiary alicyclic amines) is 1. The first kappa shape index (κ1) is 20.3. The second kappa shape index (κ2) is 7.92. The zero-order chi connectivity index (χ0) is 19.7. The van der Waals surface area contributed by atoms with Crippen LogP contribution in [0.15, 0.2) is 18.2 Å². The number of nitrogens with two attached hydrogens (primary N) is 1. The van der Waals surface area contributed by atoms with Crippen molar-refractivity contribution in [1.29, 1.82) is 0 Å². The number of piperidine rings is 1. The minimum Gasteiger partial charge on any atom is -0.378 e. The van der Waals surface area contributed by atoms with Crippen molar-refractivity contribution < 1.29 is 9.53 Å². The third-order valence-electron chi connectivity index (χ3n) is 6.53. The molecule has 150 valence electrons. The van der Waals surface area contributed by atoms with Gasteiger partial charge in [0.25, 0.3) is 5.91 Å². The standard InChI is InChI=1S/C23H36N2O2/c1-22(2)10-11-23(3,4)20-16-17(6-7-19(20)22)21(26)25-13-8-18(9-14-25)27-15-5-12-24/h6-7,16,18H,5,8-15,24H2,1-4H3. The fourth-order valence-corrected chi connectivity index (χ4v) is 4.46. The molecule has 4 nitrogen and oxygen atoms in total. The molecule has 0 aromatic heterocycles. The molecule has 0 bridgehead atoms. The molecule has 1 aliphatic carbocycles. The quantitative estimate of drug-likeness (QED) is 0.795. The number of amides is 1. The first-order valence-electron chi connectivity index (χ1n) is 10.5. The molecule has 4 heteroatoms. The third-order valence-corrected chi connectivity index (χ3v) is 6.53. The molecule has 2 N–H and O–H groups in total. The van der Waals surface area contributed by atoms with Crippen molar-refractivity contribution in [2.45, 2.75) is 76.7 Å². The van der Waals surface area contributed by atoms with E-state index in [4.69, 9.17) is 10.5 Å². The highest BCUT2D eigenvalue weighted by Crippen LogP contribution is 2.46. The van der Waals surface area contributed by atoms with E-state index in [-0.39, 0.29) is 22.8 Å². The average Bonchev–Trinajstić information content (AvgIpc) is 2.65. The molecule has 1 aromatic rings. The molecule has 1 saturated heterocycles. The van der Waals surface area contributed by atoms with Crippen molar-refractivity contribution in [3.63, 3.8) is 0 Å². The van der Waals surface area contributed by atoms with E-state index < -0.39 is 0 Å². The largest absolute Gasteiger partial charge is 0.378 e. The van der Waals surface area contributed by atoms with Gasteiger partial charge >= 0.3 is 0 Å². The third kappa shape index (κ3) is 4.38. The van der Waals surface area contributed by atoms with E-state index in [1.165, 1.54) is 17.5 Å². The SMILES string of the molecule is CC1(C)CCC(C)(C)c2cc(C(=O)N3CCC(OCCCN)CC3)ccc21. The van der Waals surface area contributed by atoms with E-state index in [0.29, 0.717) is 6.54 Å². The fraction of sp³-hybridized carbons (Fsp3) is 0.696. The van der Waals surface area contributed by atoms with E-state index >= 15 is 0 Å². The molecule has 3 rings (SSSR count). The Hall–Kier alpha value is -1.39. The predicted octanol–water partition coefficient (Wildman–Crippen LogP) is 4.01. The summed E-state index contributed by atoms with van der Waals surface area (Å²) in [5, 5.41) is 0. The zero-order valence-corrected chi connectivity index (χ0v) is 17.5. The Bertz CT molecular complexity index is 673. The van der Waals surface area contributed by atoms with E-state index in [0.717, 1.165) is 50.9 Å². The maximum Gasteiger partial charge on any atom is 0.253 e. The minimum absolute atomic E-state index is 0.130. The van der Waals surface area contributed by atoms with Gasteiger partial charge in [-0.05, 0) is 72.7 Å². The van der Waals surface area contributed by atoms with E-state index in [1.807, 2.05) is 11.0 Å². The number of hydrogen-bond donors (Lipinski definition) is 1. The lowest BCUT2D eigenvalue weighted by molar-refractivity contribution is 0.00844. The van der Waals surface area contributed by atoms with Crippen molar-refractivity contribution in [2.24, 2.45) is 5.73 Å². The predicted molar refractivity (Wildman–Crippen MR) is 110 cm³/mol. The lowest BCUT2D eigenvalue weighted by Gasteiger charge is -2.42. The molecule has 0 unspecified atom stereocenters. The Morgan fingerprint density at radius 1 is 1.11 bits per heavy atom. The smallest absolute Gasteiger partial charge is 0.253 e. The summed E-state index contributed by atoms with van der Waals surface area (Å²) in [5.41, 5.74) is 9.43. The van der Waals surface area contributed by atoms with Crippen LogP contribution in [-0.4, -0.2) is 43.2 Å². The highest BCUT2D eigenvalue weighted by molar-refractivity contribution is 5.94. The molecule has 0 radical (unpaired) electrons. The minimum atomic E-state index is 0.130. The first-order valence-corrected chi connectivity index (χ1v) is 10.5. The summed E-state index contributed by atoms with van der Waals surface area (Å²) in [6.07, 6.45) is 5.36. The van der Waals surface area contributed by atoms with E-state index in [1.54, 1.807) is 0 Å². The first-order chi connectivity index (χ1) is 12.7. The lowest BCUT2D eigenvalue weighted by atomic mass is 9.63. The van der Waals surface area contributed by atoms with Gasteiger partial charge in [-0.1, -0.05) is 33.8 Å². The Kier molecular flexibility index (Phi) is 5.97. The Labute approximate surface area is 164 Å². The van der Waals surface area contributed by atoms with Crippen LogP contribution in [0.4, 0.5) is 0 Å². The molecule has 1 aromatic carbocycles. The molecule has 1 heterocycles. The summed E-state index contributed by atoms with van der Waals surface area (Å²) < 4.78 is 5.86. The van der Waals surface area contributed by atoms with Gasteiger partial charge in [0, 0.05) is 25.3 Å². The zero-order valence-electron chi connectivity index (χ0n) is 17.5. The van der Waals surface area contributed by atoms with Crippen molar-refractivity contribution in [3.8, 4) is 0 Å². The summed E-state index contributed by atoms with van der Waals surface area (Å²) in [6, 6.07) is 6.41. The molecule has 2 aliphatic rings. The second-order valence-electron chi connectivity index (χ2n) is 9.53. The van der Waals surface area contributed by atoms with Gasteiger partial charge in [0.2, 0.25) is 0 Å². The van der Waals surface area contributed by atoms with Crippen molar-refractivity contribution in [2.75, 3.05) is 26.2 Å². The van der Waals surface area contributed by atoms with Gasteiger partial charge in [-0.3, -0.25) is 4.79 Å². The van der Waals surface area contributed by atoms with Crippen LogP contribution in [0.2, 0.25) is 0 Å². The molecule has 1 amide bonds. The second-order valence-corrected chi connectivity index (χ2v) is 9.53. The number of carbonyl (C=O) groups excluding carboxylic acids is 1. The molecule has 27 heavy (non-hydrogen) atoms. The lowest BCUT2D eigenvalue weighted by Crippen LogP contribution is -2.41. The molecule has 1 aliphatic heterocycles. The maximum absolute atomic E-state index is 13.1. The summed E-state index contributed by atoms with van der Waals surface area (Å²) in [6.45, 7) is 12.2. The summed E-state index contributed by atoms with van der Waals surface area (Å²) >= 11 is 0. The number of carbonyl (C=O) groups is 1. The number of fused-ring (bicyclic) bond motifs is 1. The number of hydrogen-bond acceptors (Lipinski definition) is 3. The molecular weight excluding hydrogens is 336 g/mol. The highest BCUT2D eigenvalue weighted by atomic mass is 16.5. The van der Waals surface area contributed by atoms with Gasteiger partial charge < -0.3 is 15.4 Å². The van der Waals surface area contributed by atoms with Gasteiger partial charge in [0.15, 0.2) is 0 Å². The van der Waals surface area contributed by atoms with Crippen LogP contribution in [0.25, 0.3) is 0 Å². The summed E-state index contributed by atoms with van der Waals surface area (Å²) in [5.74, 6) is 0.164. The van der Waals surface area contributed by atoms with Gasteiger partial charge in [0.05, 0.1) is 6.10 Å². The average molecular weight is 373 g/mol. The number of nitrogens with zero attached hydrogens (tertiary/aromatic N) is 1. The Morgan fingerprint density at radius 3 is 2.37 bits per heavy atom. The van der Waals surface area contributed by atoms with Gasteiger partial charge in [0.1, 0.15) is 0 Å². The summed E-state index contributed by atoms with van der Waals surface area (Å²) in [7, 11) is 0. The van der Waals surface area contributed by atoms with Crippen LogP contribution >= 0.6 is 0 Å². The van der Waals surface area contributed by atoms with Crippen LogP contribution in [0, 0.1) is 0 Å². The molecule has 0 atom stereocenters. The monoisotopic (exact) mass is 372 g/mol. The Morgan fingerprint density at radius 2 is 1.74 bits per heavy atom. The van der Waals surface area contributed by atoms with Crippen LogP contribution in [-0.2, 0) is 15.6 Å². The molecule has 1 fully saturated rings. The number of benzene rings is 1. The number of ether oxygens (including phenoxy) is 1.